The highest BCUT2D eigenvalue weighted by molar-refractivity contribution is 9.10. The predicted octanol–water partition coefficient (Wildman–Crippen LogP) is 6.51. The van der Waals surface area contributed by atoms with Crippen molar-refractivity contribution in [1.82, 2.24) is 10.2 Å². The topological polar surface area (TPSA) is 58.6 Å². The van der Waals surface area contributed by atoms with Crippen molar-refractivity contribution in [3.63, 3.8) is 0 Å². The molecule has 3 rings (SSSR count). The molecule has 0 unspecified atom stereocenters. The van der Waals surface area contributed by atoms with Crippen LogP contribution in [0.5, 0.6) is 5.75 Å². The number of rotatable bonds is 12. The van der Waals surface area contributed by atoms with Crippen LogP contribution in [0.25, 0.3) is 0 Å². The Labute approximate surface area is 229 Å². The average molecular weight is 566 g/mol. The lowest BCUT2D eigenvalue weighted by molar-refractivity contribution is -0.143. The maximum Gasteiger partial charge on any atom is 0.261 e. The summed E-state index contributed by atoms with van der Waals surface area (Å²) in [4.78, 5) is 28.8. The molecule has 37 heavy (non-hydrogen) atoms. The Bertz CT molecular complexity index is 1130. The zero-order valence-corrected chi connectivity index (χ0v) is 23.7. The van der Waals surface area contributed by atoms with Gasteiger partial charge in [0.2, 0.25) is 5.91 Å². The standard InChI is InChI=1S/C31H37BrN2O3/c1-5-23(4)33-31(36)29(19-24-9-7-6-8-10-24)34(20-25-11-15-27(32)16-12-25)30(35)21-37-28-17-13-26(14-18-28)22(2)3/h6-18,22-23,29H,5,19-21H2,1-4H3,(H,33,36)/t23-,29-/m0/s1. The molecule has 0 radical (unpaired) electrons. The van der Waals surface area contributed by atoms with Gasteiger partial charge in [0, 0.05) is 23.5 Å². The molecule has 2 atom stereocenters. The van der Waals surface area contributed by atoms with Crippen molar-refractivity contribution in [2.45, 2.75) is 65.1 Å². The number of nitrogens with one attached hydrogen (secondary N) is 1. The highest BCUT2D eigenvalue weighted by Gasteiger charge is 2.31. The van der Waals surface area contributed by atoms with Crippen LogP contribution in [0.15, 0.2) is 83.3 Å². The molecule has 0 saturated heterocycles. The van der Waals surface area contributed by atoms with Crippen LogP contribution < -0.4 is 10.1 Å². The summed E-state index contributed by atoms with van der Waals surface area (Å²) < 4.78 is 6.85. The molecule has 0 aliphatic heterocycles. The number of ether oxygens (including phenoxy) is 1. The van der Waals surface area contributed by atoms with Crippen LogP contribution in [0.3, 0.4) is 0 Å². The minimum atomic E-state index is -0.681. The van der Waals surface area contributed by atoms with Gasteiger partial charge in [-0.2, -0.15) is 0 Å². The first kappa shape index (κ1) is 28.5. The molecule has 0 saturated carbocycles. The summed E-state index contributed by atoms with van der Waals surface area (Å²) in [6.45, 7) is 8.42. The smallest absolute Gasteiger partial charge is 0.261 e. The summed E-state index contributed by atoms with van der Waals surface area (Å²) in [5, 5.41) is 3.09. The molecule has 1 N–H and O–H groups in total. The van der Waals surface area contributed by atoms with E-state index in [1.807, 2.05) is 92.7 Å². The molecule has 5 nitrogen and oxygen atoms in total. The van der Waals surface area contributed by atoms with Gasteiger partial charge in [-0.3, -0.25) is 9.59 Å². The fourth-order valence-corrected chi connectivity index (χ4v) is 4.22. The van der Waals surface area contributed by atoms with Crippen LogP contribution in [-0.2, 0) is 22.6 Å². The third kappa shape index (κ3) is 8.74. The van der Waals surface area contributed by atoms with E-state index in [1.54, 1.807) is 4.90 Å². The lowest BCUT2D eigenvalue weighted by atomic mass is 10.0. The van der Waals surface area contributed by atoms with Crippen molar-refractivity contribution in [3.05, 3.63) is 100 Å². The second kappa shape index (κ2) is 14.0. The number of hydrogen-bond acceptors (Lipinski definition) is 3. The highest BCUT2D eigenvalue weighted by Crippen LogP contribution is 2.20. The van der Waals surface area contributed by atoms with Crippen molar-refractivity contribution >= 4 is 27.7 Å². The van der Waals surface area contributed by atoms with Crippen LogP contribution in [-0.4, -0.2) is 35.4 Å². The van der Waals surface area contributed by atoms with Gasteiger partial charge in [0.1, 0.15) is 11.8 Å². The molecule has 0 aliphatic carbocycles. The molecule has 6 heteroatoms. The summed E-state index contributed by atoms with van der Waals surface area (Å²) in [6.07, 6.45) is 1.22. The zero-order chi connectivity index (χ0) is 26.8. The van der Waals surface area contributed by atoms with Gasteiger partial charge < -0.3 is 15.0 Å². The van der Waals surface area contributed by atoms with E-state index in [4.69, 9.17) is 4.74 Å². The van der Waals surface area contributed by atoms with Crippen molar-refractivity contribution in [2.75, 3.05) is 6.61 Å². The van der Waals surface area contributed by atoms with Gasteiger partial charge >= 0.3 is 0 Å². The Morgan fingerprint density at radius 2 is 1.54 bits per heavy atom. The lowest BCUT2D eigenvalue weighted by Crippen LogP contribution is -2.53. The molecule has 0 aromatic heterocycles. The van der Waals surface area contributed by atoms with E-state index in [-0.39, 0.29) is 24.5 Å². The summed E-state index contributed by atoms with van der Waals surface area (Å²) in [5.74, 6) is 0.644. The molecule has 196 valence electrons. The van der Waals surface area contributed by atoms with Crippen molar-refractivity contribution < 1.29 is 14.3 Å². The quantitative estimate of drug-likeness (QED) is 0.273. The molecular weight excluding hydrogens is 528 g/mol. The van der Waals surface area contributed by atoms with E-state index in [2.05, 4.69) is 35.1 Å². The van der Waals surface area contributed by atoms with Gasteiger partial charge in [-0.25, -0.2) is 0 Å². The highest BCUT2D eigenvalue weighted by atomic mass is 79.9. The second-order valence-corrected chi connectivity index (χ2v) is 10.6. The summed E-state index contributed by atoms with van der Waals surface area (Å²) in [5.41, 5.74) is 3.14. The maximum atomic E-state index is 13.7. The van der Waals surface area contributed by atoms with Crippen LogP contribution in [0, 0.1) is 0 Å². The molecule has 3 aromatic rings. The third-order valence-electron chi connectivity index (χ3n) is 6.45. The molecule has 2 amide bonds. The van der Waals surface area contributed by atoms with Gasteiger partial charge in [-0.15, -0.1) is 0 Å². The van der Waals surface area contributed by atoms with E-state index in [1.165, 1.54) is 5.56 Å². The minimum absolute atomic E-state index is 0.00567. The van der Waals surface area contributed by atoms with E-state index >= 15 is 0 Å². The van der Waals surface area contributed by atoms with Crippen LogP contribution in [0.4, 0.5) is 0 Å². The molecule has 3 aromatic carbocycles. The Hall–Kier alpha value is -3.12. The van der Waals surface area contributed by atoms with Crippen LogP contribution >= 0.6 is 15.9 Å². The predicted molar refractivity (Wildman–Crippen MR) is 153 cm³/mol. The first-order valence-corrected chi connectivity index (χ1v) is 13.7. The SMILES string of the molecule is CC[C@H](C)NC(=O)[C@H](Cc1ccccc1)N(Cc1ccc(Br)cc1)C(=O)COc1ccc(C(C)C)cc1. The number of benzene rings is 3. The van der Waals surface area contributed by atoms with Gasteiger partial charge in [0.15, 0.2) is 6.61 Å². The summed E-state index contributed by atoms with van der Waals surface area (Å²) in [6, 6.07) is 24.7. The van der Waals surface area contributed by atoms with Gasteiger partial charge in [-0.1, -0.05) is 91.3 Å². The van der Waals surface area contributed by atoms with E-state index in [0.29, 0.717) is 24.6 Å². The molecule has 0 spiro atoms. The fourth-order valence-electron chi connectivity index (χ4n) is 3.96. The normalized spacial score (nSPS) is 12.6. The van der Waals surface area contributed by atoms with Crippen LogP contribution in [0.2, 0.25) is 0 Å². The lowest BCUT2D eigenvalue weighted by Gasteiger charge is -2.32. The van der Waals surface area contributed by atoms with E-state index in [9.17, 15) is 9.59 Å². The summed E-state index contributed by atoms with van der Waals surface area (Å²) in [7, 11) is 0. The van der Waals surface area contributed by atoms with Crippen molar-refractivity contribution in [2.24, 2.45) is 0 Å². The van der Waals surface area contributed by atoms with Gasteiger partial charge in [-0.05, 0) is 60.2 Å². The molecular formula is C31H37BrN2O3. The van der Waals surface area contributed by atoms with Gasteiger partial charge in [0.05, 0.1) is 0 Å². The number of hydrogen-bond donors (Lipinski definition) is 1. The maximum absolute atomic E-state index is 13.7. The average Bonchev–Trinajstić information content (AvgIpc) is 2.91. The largest absolute Gasteiger partial charge is 0.484 e. The molecule has 0 aliphatic rings. The first-order valence-electron chi connectivity index (χ1n) is 12.9. The van der Waals surface area contributed by atoms with E-state index in [0.717, 1.165) is 22.0 Å². The Morgan fingerprint density at radius 3 is 2.14 bits per heavy atom. The minimum Gasteiger partial charge on any atom is -0.484 e. The number of carbonyl (C=O) groups is 2. The fraction of sp³-hybridized carbons (Fsp3) is 0.355. The molecule has 0 bridgehead atoms. The monoisotopic (exact) mass is 564 g/mol. The zero-order valence-electron chi connectivity index (χ0n) is 22.1. The van der Waals surface area contributed by atoms with Crippen molar-refractivity contribution in [1.29, 1.82) is 0 Å². The number of halogens is 1. The number of amides is 2. The Kier molecular flexibility index (Phi) is 10.8. The third-order valence-corrected chi connectivity index (χ3v) is 6.98. The van der Waals surface area contributed by atoms with Crippen molar-refractivity contribution in [3.8, 4) is 5.75 Å². The summed E-state index contributed by atoms with van der Waals surface area (Å²) >= 11 is 3.47. The second-order valence-electron chi connectivity index (χ2n) is 9.68. The Morgan fingerprint density at radius 1 is 0.892 bits per heavy atom. The number of carbonyl (C=O) groups excluding carboxylic acids is 2. The number of nitrogens with zero attached hydrogens (tertiary/aromatic N) is 1. The van der Waals surface area contributed by atoms with E-state index < -0.39 is 6.04 Å². The molecule has 0 heterocycles. The molecule has 0 fully saturated rings. The van der Waals surface area contributed by atoms with Gasteiger partial charge in [0.25, 0.3) is 5.91 Å². The Balaban J connectivity index is 1.88. The first-order chi connectivity index (χ1) is 17.8. The van der Waals surface area contributed by atoms with Crippen LogP contribution in [0.1, 0.15) is 56.7 Å².